The Bertz CT molecular complexity index is 182. The molecule has 2 heteroatoms. The van der Waals surface area contributed by atoms with Crippen LogP contribution in [0.25, 0.3) is 0 Å². The standard InChI is InChI=1S/C10H17NS/c1-2-3-4-5-6-7-10-11-8-9-12-10/h8-9H,2-7H2,1H3. The molecule has 0 fully saturated rings. The summed E-state index contributed by atoms with van der Waals surface area (Å²) in [6.45, 7) is 2.25. The van der Waals surface area contributed by atoms with Gasteiger partial charge in [0, 0.05) is 11.6 Å². The third-order valence-corrected chi connectivity index (χ3v) is 2.82. The summed E-state index contributed by atoms with van der Waals surface area (Å²) in [6, 6.07) is 0. The highest BCUT2D eigenvalue weighted by Crippen LogP contribution is 2.10. The lowest BCUT2D eigenvalue weighted by atomic mass is 10.1. The molecular formula is C10H17NS. The third-order valence-electron chi connectivity index (χ3n) is 1.98. The third kappa shape index (κ3) is 3.86. The predicted octanol–water partition coefficient (Wildman–Crippen LogP) is 3.66. The molecule has 1 aromatic rings. The molecule has 1 heterocycles. The number of aromatic nitrogens is 1. The Balaban J connectivity index is 1.96. The molecule has 0 amide bonds. The number of hydrogen-bond donors (Lipinski definition) is 0. The second-order valence-corrected chi connectivity index (χ2v) is 4.07. The van der Waals surface area contributed by atoms with Crippen LogP contribution in [0.15, 0.2) is 11.6 Å². The molecule has 0 unspecified atom stereocenters. The Kier molecular flexibility index (Phi) is 5.00. The molecule has 1 nitrogen and oxygen atoms in total. The predicted molar refractivity (Wildman–Crippen MR) is 54.6 cm³/mol. The van der Waals surface area contributed by atoms with E-state index in [1.54, 1.807) is 11.3 Å². The Hall–Kier alpha value is -0.370. The average molecular weight is 183 g/mol. The summed E-state index contributed by atoms with van der Waals surface area (Å²) in [5, 5.41) is 3.35. The van der Waals surface area contributed by atoms with Crippen LogP contribution in [-0.4, -0.2) is 4.98 Å². The van der Waals surface area contributed by atoms with E-state index in [0.29, 0.717) is 0 Å². The van der Waals surface area contributed by atoms with Crippen molar-refractivity contribution in [3.05, 3.63) is 16.6 Å². The van der Waals surface area contributed by atoms with Gasteiger partial charge in [-0.25, -0.2) is 4.98 Å². The summed E-state index contributed by atoms with van der Waals surface area (Å²) < 4.78 is 0. The van der Waals surface area contributed by atoms with Gasteiger partial charge < -0.3 is 0 Å². The molecule has 0 aliphatic carbocycles. The van der Waals surface area contributed by atoms with Crippen LogP contribution in [0.2, 0.25) is 0 Å². The molecule has 0 bridgehead atoms. The van der Waals surface area contributed by atoms with Gasteiger partial charge in [-0.1, -0.05) is 32.6 Å². The van der Waals surface area contributed by atoms with E-state index in [1.165, 1.54) is 43.5 Å². The SMILES string of the molecule is CCCCCCCc1nccs1. The number of hydrogen-bond acceptors (Lipinski definition) is 2. The number of rotatable bonds is 6. The number of unbranched alkanes of at least 4 members (excludes halogenated alkanes) is 4. The van der Waals surface area contributed by atoms with Crippen molar-refractivity contribution < 1.29 is 0 Å². The Morgan fingerprint density at radius 3 is 2.75 bits per heavy atom. The van der Waals surface area contributed by atoms with Gasteiger partial charge in [0.05, 0.1) is 5.01 Å². The molecule has 0 saturated heterocycles. The number of aryl methyl sites for hydroxylation is 1. The van der Waals surface area contributed by atoms with Crippen LogP contribution in [0.1, 0.15) is 44.0 Å². The smallest absolute Gasteiger partial charge is 0.0924 e. The van der Waals surface area contributed by atoms with E-state index in [0.717, 1.165) is 0 Å². The Morgan fingerprint density at radius 1 is 1.25 bits per heavy atom. The first kappa shape index (κ1) is 9.72. The molecule has 1 aromatic heterocycles. The van der Waals surface area contributed by atoms with Crippen LogP contribution < -0.4 is 0 Å². The van der Waals surface area contributed by atoms with Gasteiger partial charge in [0.2, 0.25) is 0 Å². The van der Waals surface area contributed by atoms with Crippen LogP contribution in [0.3, 0.4) is 0 Å². The van der Waals surface area contributed by atoms with Crippen LogP contribution in [0, 0.1) is 0 Å². The van der Waals surface area contributed by atoms with Crippen molar-refractivity contribution in [1.29, 1.82) is 0 Å². The van der Waals surface area contributed by atoms with Crippen molar-refractivity contribution in [2.24, 2.45) is 0 Å². The highest BCUT2D eigenvalue weighted by molar-refractivity contribution is 7.09. The van der Waals surface area contributed by atoms with Crippen molar-refractivity contribution in [1.82, 2.24) is 4.98 Å². The molecule has 0 radical (unpaired) electrons. The molecule has 0 spiro atoms. The maximum Gasteiger partial charge on any atom is 0.0924 e. The molecule has 0 aliphatic rings. The second-order valence-electron chi connectivity index (χ2n) is 3.09. The summed E-state index contributed by atoms with van der Waals surface area (Å²) in [5.74, 6) is 0. The van der Waals surface area contributed by atoms with Crippen molar-refractivity contribution in [3.63, 3.8) is 0 Å². The minimum Gasteiger partial charge on any atom is -0.250 e. The summed E-state index contributed by atoms with van der Waals surface area (Å²) in [6.07, 6.45) is 9.87. The molecule has 12 heavy (non-hydrogen) atoms. The van der Waals surface area contributed by atoms with Crippen LogP contribution in [-0.2, 0) is 6.42 Å². The van der Waals surface area contributed by atoms with Crippen LogP contribution in [0.5, 0.6) is 0 Å². The lowest BCUT2D eigenvalue weighted by molar-refractivity contribution is 0.631. The quantitative estimate of drug-likeness (QED) is 0.613. The zero-order chi connectivity index (χ0) is 8.65. The number of nitrogens with zero attached hydrogens (tertiary/aromatic N) is 1. The van der Waals surface area contributed by atoms with Gasteiger partial charge in [0.15, 0.2) is 0 Å². The first-order valence-electron chi connectivity index (χ1n) is 4.82. The zero-order valence-corrected chi connectivity index (χ0v) is 8.57. The first-order chi connectivity index (χ1) is 5.93. The number of thiazole rings is 1. The van der Waals surface area contributed by atoms with Crippen molar-refractivity contribution in [3.8, 4) is 0 Å². The average Bonchev–Trinajstić information content (AvgIpc) is 2.57. The van der Waals surface area contributed by atoms with Gasteiger partial charge in [-0.3, -0.25) is 0 Å². The normalized spacial score (nSPS) is 10.4. The highest BCUT2D eigenvalue weighted by Gasteiger charge is 1.94. The van der Waals surface area contributed by atoms with Gasteiger partial charge in [0.25, 0.3) is 0 Å². The van der Waals surface area contributed by atoms with Crippen LogP contribution in [0.4, 0.5) is 0 Å². The molecule has 0 saturated carbocycles. The lowest BCUT2D eigenvalue weighted by Gasteiger charge is -1.96. The molecule has 68 valence electrons. The van der Waals surface area contributed by atoms with Gasteiger partial charge in [0.1, 0.15) is 0 Å². The fourth-order valence-electron chi connectivity index (χ4n) is 1.26. The van der Waals surface area contributed by atoms with Crippen molar-refractivity contribution in [2.75, 3.05) is 0 Å². The minimum absolute atomic E-state index is 1.18. The summed E-state index contributed by atoms with van der Waals surface area (Å²) in [4.78, 5) is 4.25. The summed E-state index contributed by atoms with van der Waals surface area (Å²) in [7, 11) is 0. The van der Waals surface area contributed by atoms with E-state index < -0.39 is 0 Å². The maximum atomic E-state index is 4.25. The molecule has 0 aromatic carbocycles. The van der Waals surface area contributed by atoms with E-state index >= 15 is 0 Å². The highest BCUT2D eigenvalue weighted by atomic mass is 32.1. The molecule has 0 N–H and O–H groups in total. The summed E-state index contributed by atoms with van der Waals surface area (Å²) in [5.41, 5.74) is 0. The van der Waals surface area contributed by atoms with E-state index in [1.807, 2.05) is 6.20 Å². The Labute approximate surface area is 78.8 Å². The van der Waals surface area contributed by atoms with Gasteiger partial charge in [-0.15, -0.1) is 11.3 Å². The maximum absolute atomic E-state index is 4.25. The molecule has 1 rings (SSSR count). The molecule has 0 atom stereocenters. The van der Waals surface area contributed by atoms with E-state index in [-0.39, 0.29) is 0 Å². The largest absolute Gasteiger partial charge is 0.250 e. The fraction of sp³-hybridized carbons (Fsp3) is 0.700. The monoisotopic (exact) mass is 183 g/mol. The van der Waals surface area contributed by atoms with E-state index in [9.17, 15) is 0 Å². The molecule has 0 aliphatic heterocycles. The first-order valence-corrected chi connectivity index (χ1v) is 5.70. The minimum atomic E-state index is 1.18. The topological polar surface area (TPSA) is 12.9 Å². The lowest BCUT2D eigenvalue weighted by Crippen LogP contribution is -1.83. The van der Waals surface area contributed by atoms with E-state index in [4.69, 9.17) is 0 Å². The molecular weight excluding hydrogens is 166 g/mol. The van der Waals surface area contributed by atoms with Crippen LogP contribution >= 0.6 is 11.3 Å². The van der Waals surface area contributed by atoms with Gasteiger partial charge >= 0.3 is 0 Å². The summed E-state index contributed by atoms with van der Waals surface area (Å²) >= 11 is 1.78. The fourth-order valence-corrected chi connectivity index (χ4v) is 1.92. The Morgan fingerprint density at radius 2 is 2.08 bits per heavy atom. The second kappa shape index (κ2) is 6.18. The van der Waals surface area contributed by atoms with Crippen molar-refractivity contribution in [2.45, 2.75) is 45.4 Å². The van der Waals surface area contributed by atoms with Crippen molar-refractivity contribution >= 4 is 11.3 Å². The van der Waals surface area contributed by atoms with E-state index in [2.05, 4.69) is 17.3 Å². The zero-order valence-electron chi connectivity index (χ0n) is 7.75. The van der Waals surface area contributed by atoms with Gasteiger partial charge in [-0.2, -0.15) is 0 Å². The van der Waals surface area contributed by atoms with Gasteiger partial charge in [-0.05, 0) is 12.8 Å².